The molecule has 0 aromatic heterocycles. The molecule has 1 amide bonds. The molecule has 0 aliphatic heterocycles. The highest BCUT2D eigenvalue weighted by molar-refractivity contribution is 6.05. The van der Waals surface area contributed by atoms with Gasteiger partial charge in [0.1, 0.15) is 5.75 Å². The lowest BCUT2D eigenvalue weighted by Gasteiger charge is -2.19. The highest BCUT2D eigenvalue weighted by Gasteiger charge is 2.22. The van der Waals surface area contributed by atoms with E-state index in [1.807, 2.05) is 24.3 Å². The highest BCUT2D eigenvalue weighted by atomic mass is 16.3. The van der Waals surface area contributed by atoms with E-state index in [-0.39, 0.29) is 23.2 Å². The Morgan fingerprint density at radius 2 is 1.64 bits per heavy atom. The molecule has 5 heteroatoms. The van der Waals surface area contributed by atoms with Crippen molar-refractivity contribution in [3.63, 3.8) is 0 Å². The van der Waals surface area contributed by atoms with Crippen molar-refractivity contribution in [2.45, 2.75) is 20.8 Å². The zero-order chi connectivity index (χ0) is 18.3. The van der Waals surface area contributed by atoms with E-state index in [1.54, 1.807) is 19.9 Å². The molecular formula is C20H19NO4. The lowest BCUT2D eigenvalue weighted by molar-refractivity contribution is -0.114. The molecule has 0 radical (unpaired) electrons. The molecule has 0 saturated heterocycles. The van der Waals surface area contributed by atoms with Gasteiger partial charge in [0.05, 0.1) is 0 Å². The molecule has 25 heavy (non-hydrogen) atoms. The van der Waals surface area contributed by atoms with Gasteiger partial charge in [-0.05, 0) is 47.9 Å². The minimum Gasteiger partial charge on any atom is -0.507 e. The molecule has 0 atom stereocenters. The predicted molar refractivity (Wildman–Crippen MR) is 98.2 cm³/mol. The van der Waals surface area contributed by atoms with Crippen LogP contribution in [0.15, 0.2) is 36.4 Å². The first kappa shape index (κ1) is 16.6. The molecule has 0 fully saturated rings. The van der Waals surface area contributed by atoms with Crippen LogP contribution in [0.3, 0.4) is 0 Å². The lowest BCUT2D eigenvalue weighted by atomic mass is 9.90. The third-order valence-electron chi connectivity index (χ3n) is 4.31. The second kappa shape index (κ2) is 6.02. The van der Waals surface area contributed by atoms with Crippen LogP contribution in [0.2, 0.25) is 0 Å². The lowest BCUT2D eigenvalue weighted by Crippen LogP contribution is -2.08. The van der Waals surface area contributed by atoms with Gasteiger partial charge in [-0.1, -0.05) is 24.3 Å². The van der Waals surface area contributed by atoms with Crippen LogP contribution in [0.25, 0.3) is 21.9 Å². The van der Waals surface area contributed by atoms with Gasteiger partial charge in [-0.25, -0.2) is 0 Å². The molecule has 128 valence electrons. The van der Waals surface area contributed by atoms with Gasteiger partial charge < -0.3 is 20.6 Å². The van der Waals surface area contributed by atoms with Crippen molar-refractivity contribution in [1.82, 2.24) is 0 Å². The molecule has 0 heterocycles. The fourth-order valence-corrected chi connectivity index (χ4v) is 3.10. The summed E-state index contributed by atoms with van der Waals surface area (Å²) < 4.78 is 0. The Morgan fingerprint density at radius 1 is 0.960 bits per heavy atom. The Hall–Kier alpha value is -3.21. The number of phenols is 3. The summed E-state index contributed by atoms with van der Waals surface area (Å²) in [5.74, 6) is -0.812. The summed E-state index contributed by atoms with van der Waals surface area (Å²) in [5.41, 5.74) is 2.42. The molecule has 5 nitrogen and oxygen atoms in total. The molecule has 0 unspecified atom stereocenters. The molecule has 3 rings (SSSR count). The van der Waals surface area contributed by atoms with Crippen molar-refractivity contribution in [2.24, 2.45) is 0 Å². The number of anilines is 1. The van der Waals surface area contributed by atoms with E-state index in [4.69, 9.17) is 0 Å². The maximum atomic E-state index is 11.5. The number of amides is 1. The number of aromatic hydroxyl groups is 3. The van der Waals surface area contributed by atoms with Crippen molar-refractivity contribution in [3.05, 3.63) is 47.5 Å². The topological polar surface area (TPSA) is 89.8 Å². The van der Waals surface area contributed by atoms with Crippen molar-refractivity contribution >= 4 is 22.4 Å². The minimum absolute atomic E-state index is 0.00217. The highest BCUT2D eigenvalue weighted by Crippen LogP contribution is 2.48. The van der Waals surface area contributed by atoms with Crippen LogP contribution in [0, 0.1) is 13.8 Å². The zero-order valence-electron chi connectivity index (χ0n) is 14.2. The smallest absolute Gasteiger partial charge is 0.221 e. The summed E-state index contributed by atoms with van der Waals surface area (Å²) in [6.07, 6.45) is 0. The first-order valence-electron chi connectivity index (χ1n) is 7.86. The zero-order valence-corrected chi connectivity index (χ0v) is 14.2. The fourth-order valence-electron chi connectivity index (χ4n) is 3.10. The molecule has 4 N–H and O–H groups in total. The molecule has 3 aromatic rings. The quantitative estimate of drug-likeness (QED) is 0.417. The third-order valence-corrected chi connectivity index (χ3v) is 4.31. The van der Waals surface area contributed by atoms with Gasteiger partial charge in [0.25, 0.3) is 0 Å². The summed E-state index contributed by atoms with van der Waals surface area (Å²) in [6, 6.07) is 10.4. The monoisotopic (exact) mass is 337 g/mol. The molecule has 0 spiro atoms. The van der Waals surface area contributed by atoms with E-state index >= 15 is 0 Å². The van der Waals surface area contributed by atoms with E-state index in [0.29, 0.717) is 33.3 Å². The number of hydrogen-bond acceptors (Lipinski definition) is 4. The number of carbonyl (C=O) groups excluding carboxylic acids is 1. The van der Waals surface area contributed by atoms with Crippen LogP contribution in [-0.4, -0.2) is 21.2 Å². The first-order chi connectivity index (χ1) is 11.8. The average Bonchev–Trinajstić information content (AvgIpc) is 2.55. The molecule has 0 saturated carbocycles. The standard InChI is InChI=1S/C20H19NO4/c1-10-8-15(21-12(3)22)11(2)17(19(10)24)18-14-7-5-4-6-13(14)9-16(23)20(18)25/h4-9,23-25H,1-3H3,(H,21,22). The summed E-state index contributed by atoms with van der Waals surface area (Å²) in [7, 11) is 0. The van der Waals surface area contributed by atoms with Crippen LogP contribution < -0.4 is 5.32 Å². The minimum atomic E-state index is -0.309. The van der Waals surface area contributed by atoms with Crippen LogP contribution in [0.5, 0.6) is 17.2 Å². The number of fused-ring (bicyclic) bond motifs is 1. The van der Waals surface area contributed by atoms with E-state index < -0.39 is 0 Å². The summed E-state index contributed by atoms with van der Waals surface area (Å²) in [4.78, 5) is 11.5. The maximum Gasteiger partial charge on any atom is 0.221 e. The Morgan fingerprint density at radius 3 is 2.32 bits per heavy atom. The van der Waals surface area contributed by atoms with Gasteiger partial charge in [0.15, 0.2) is 11.5 Å². The number of rotatable bonds is 2. The summed E-state index contributed by atoms with van der Waals surface area (Å²) >= 11 is 0. The third kappa shape index (κ3) is 2.74. The van der Waals surface area contributed by atoms with Gasteiger partial charge in [0, 0.05) is 23.7 Å². The fraction of sp³-hybridized carbons (Fsp3) is 0.150. The van der Waals surface area contributed by atoms with Crippen molar-refractivity contribution in [3.8, 4) is 28.4 Å². The number of carbonyl (C=O) groups is 1. The van der Waals surface area contributed by atoms with Crippen molar-refractivity contribution in [1.29, 1.82) is 0 Å². The number of nitrogens with one attached hydrogen (secondary N) is 1. The second-order valence-electron chi connectivity index (χ2n) is 6.11. The Bertz CT molecular complexity index is 1010. The van der Waals surface area contributed by atoms with E-state index in [1.165, 1.54) is 13.0 Å². The van der Waals surface area contributed by atoms with Crippen LogP contribution in [-0.2, 0) is 4.79 Å². The number of aryl methyl sites for hydroxylation is 1. The number of hydrogen-bond donors (Lipinski definition) is 4. The Balaban J connectivity index is 2.45. The maximum absolute atomic E-state index is 11.5. The molecule has 0 aliphatic carbocycles. The van der Waals surface area contributed by atoms with Crippen LogP contribution >= 0.6 is 0 Å². The average molecular weight is 337 g/mol. The van der Waals surface area contributed by atoms with Gasteiger partial charge in [0.2, 0.25) is 5.91 Å². The SMILES string of the molecule is CC(=O)Nc1cc(C)c(O)c(-c2c(O)c(O)cc3ccccc23)c1C. The number of phenolic OH excluding ortho intramolecular Hbond substituents is 3. The molecular weight excluding hydrogens is 318 g/mol. The van der Waals surface area contributed by atoms with Gasteiger partial charge in [-0.2, -0.15) is 0 Å². The second-order valence-corrected chi connectivity index (χ2v) is 6.11. The van der Waals surface area contributed by atoms with Gasteiger partial charge >= 0.3 is 0 Å². The predicted octanol–water partition coefficient (Wildman–Crippen LogP) is 4.20. The molecule has 0 bridgehead atoms. The van der Waals surface area contributed by atoms with E-state index in [2.05, 4.69) is 5.32 Å². The van der Waals surface area contributed by atoms with Gasteiger partial charge in [-0.3, -0.25) is 4.79 Å². The molecule has 3 aromatic carbocycles. The normalized spacial score (nSPS) is 10.8. The van der Waals surface area contributed by atoms with Crippen molar-refractivity contribution in [2.75, 3.05) is 5.32 Å². The van der Waals surface area contributed by atoms with Crippen LogP contribution in [0.4, 0.5) is 5.69 Å². The summed E-state index contributed by atoms with van der Waals surface area (Å²) in [5, 5.41) is 35.5. The Kier molecular flexibility index (Phi) is 4.00. The largest absolute Gasteiger partial charge is 0.507 e. The first-order valence-corrected chi connectivity index (χ1v) is 7.86. The van der Waals surface area contributed by atoms with E-state index in [0.717, 1.165) is 5.39 Å². The number of benzene rings is 3. The van der Waals surface area contributed by atoms with Gasteiger partial charge in [-0.15, -0.1) is 0 Å². The summed E-state index contributed by atoms with van der Waals surface area (Å²) in [6.45, 7) is 4.87. The Labute approximate surface area is 145 Å². The van der Waals surface area contributed by atoms with Crippen molar-refractivity contribution < 1.29 is 20.1 Å². The van der Waals surface area contributed by atoms with Crippen LogP contribution in [0.1, 0.15) is 18.1 Å². The van der Waals surface area contributed by atoms with E-state index in [9.17, 15) is 20.1 Å². The molecule has 0 aliphatic rings.